The number of rotatable bonds is 4. The number of fused-ring (bicyclic) bond motifs is 1. The summed E-state index contributed by atoms with van der Waals surface area (Å²) in [4.78, 5) is 14.9. The molecule has 0 aliphatic carbocycles. The first-order valence-electron chi connectivity index (χ1n) is 5.72. The van der Waals surface area contributed by atoms with Gasteiger partial charge in [0.1, 0.15) is 0 Å². The quantitative estimate of drug-likeness (QED) is 0.830. The molecule has 1 heterocycles. The monoisotopic (exact) mass is 261 g/mol. The molecule has 0 aliphatic rings. The molecule has 2 rings (SSSR count). The van der Waals surface area contributed by atoms with E-state index >= 15 is 0 Å². The SMILES string of the molecule is CC(=O)NCCC=Cc1ccc2nc(N)sc2c1. The molecule has 1 aromatic carbocycles. The highest BCUT2D eigenvalue weighted by Gasteiger charge is 2.00. The second kappa shape index (κ2) is 5.64. The summed E-state index contributed by atoms with van der Waals surface area (Å²) < 4.78 is 1.09. The van der Waals surface area contributed by atoms with Crippen molar-refractivity contribution < 1.29 is 4.79 Å². The van der Waals surface area contributed by atoms with Crippen LogP contribution in [0.1, 0.15) is 18.9 Å². The molecule has 4 nitrogen and oxygen atoms in total. The number of nitrogens with two attached hydrogens (primary N) is 1. The second-order valence-corrected chi connectivity index (χ2v) is 5.02. The van der Waals surface area contributed by atoms with E-state index in [0.29, 0.717) is 11.7 Å². The third kappa shape index (κ3) is 3.30. The van der Waals surface area contributed by atoms with Gasteiger partial charge >= 0.3 is 0 Å². The third-order valence-corrected chi connectivity index (χ3v) is 3.27. The van der Waals surface area contributed by atoms with Crippen molar-refractivity contribution in [3.05, 3.63) is 29.8 Å². The van der Waals surface area contributed by atoms with Crippen molar-refractivity contribution in [2.45, 2.75) is 13.3 Å². The van der Waals surface area contributed by atoms with Gasteiger partial charge in [-0.25, -0.2) is 4.98 Å². The van der Waals surface area contributed by atoms with Crippen LogP contribution >= 0.6 is 11.3 Å². The smallest absolute Gasteiger partial charge is 0.216 e. The number of carbonyl (C=O) groups is 1. The number of hydrogen-bond acceptors (Lipinski definition) is 4. The van der Waals surface area contributed by atoms with Gasteiger partial charge < -0.3 is 11.1 Å². The summed E-state index contributed by atoms with van der Waals surface area (Å²) >= 11 is 1.49. The van der Waals surface area contributed by atoms with Crippen LogP contribution in [-0.2, 0) is 4.79 Å². The van der Waals surface area contributed by atoms with Crippen LogP contribution in [0.5, 0.6) is 0 Å². The van der Waals surface area contributed by atoms with Crippen molar-refractivity contribution in [1.82, 2.24) is 10.3 Å². The van der Waals surface area contributed by atoms with Gasteiger partial charge in [0, 0.05) is 13.5 Å². The van der Waals surface area contributed by atoms with Crippen molar-refractivity contribution in [3.8, 4) is 0 Å². The highest BCUT2D eigenvalue weighted by molar-refractivity contribution is 7.22. The Morgan fingerprint density at radius 2 is 2.39 bits per heavy atom. The normalized spacial score (nSPS) is 11.2. The molecule has 3 N–H and O–H groups in total. The fraction of sp³-hybridized carbons (Fsp3) is 0.231. The Labute approximate surface area is 110 Å². The molecule has 0 saturated carbocycles. The number of anilines is 1. The van der Waals surface area contributed by atoms with Gasteiger partial charge in [-0.05, 0) is 24.1 Å². The lowest BCUT2D eigenvalue weighted by molar-refractivity contribution is -0.118. The Balaban J connectivity index is 1.98. The molecule has 2 aromatic rings. The number of nitrogens with one attached hydrogen (secondary N) is 1. The first kappa shape index (κ1) is 12.6. The van der Waals surface area contributed by atoms with Gasteiger partial charge in [0.05, 0.1) is 10.2 Å². The molecule has 1 aromatic heterocycles. The highest BCUT2D eigenvalue weighted by Crippen LogP contribution is 2.24. The van der Waals surface area contributed by atoms with Crippen LogP contribution in [0.15, 0.2) is 24.3 Å². The van der Waals surface area contributed by atoms with Crippen molar-refractivity contribution in [1.29, 1.82) is 0 Å². The summed E-state index contributed by atoms with van der Waals surface area (Å²) in [5.74, 6) is 0.00459. The van der Waals surface area contributed by atoms with E-state index in [1.807, 2.05) is 24.3 Å². The number of amides is 1. The molecule has 0 unspecified atom stereocenters. The summed E-state index contributed by atoms with van der Waals surface area (Å²) in [6.07, 6.45) is 4.90. The lowest BCUT2D eigenvalue weighted by atomic mass is 10.2. The Morgan fingerprint density at radius 1 is 1.56 bits per heavy atom. The number of aromatic nitrogens is 1. The first-order chi connectivity index (χ1) is 8.65. The second-order valence-electron chi connectivity index (χ2n) is 3.95. The first-order valence-corrected chi connectivity index (χ1v) is 6.54. The van der Waals surface area contributed by atoms with E-state index in [2.05, 4.69) is 16.4 Å². The summed E-state index contributed by atoms with van der Waals surface area (Å²) in [5, 5.41) is 3.34. The largest absolute Gasteiger partial charge is 0.375 e. The predicted molar refractivity (Wildman–Crippen MR) is 76.4 cm³/mol. The number of nitrogen functional groups attached to an aromatic ring is 1. The molecule has 0 radical (unpaired) electrons. The average Bonchev–Trinajstić information content (AvgIpc) is 2.67. The van der Waals surface area contributed by atoms with Crippen LogP contribution < -0.4 is 11.1 Å². The van der Waals surface area contributed by atoms with E-state index in [4.69, 9.17) is 5.73 Å². The molecular formula is C13H15N3OS. The molecular weight excluding hydrogens is 246 g/mol. The molecule has 5 heteroatoms. The molecule has 0 atom stereocenters. The zero-order valence-corrected chi connectivity index (χ0v) is 11.0. The molecule has 0 bridgehead atoms. The van der Waals surface area contributed by atoms with Gasteiger partial charge in [-0.15, -0.1) is 0 Å². The number of nitrogens with zero attached hydrogens (tertiary/aromatic N) is 1. The van der Waals surface area contributed by atoms with Gasteiger partial charge in [-0.3, -0.25) is 4.79 Å². The van der Waals surface area contributed by atoms with E-state index < -0.39 is 0 Å². The number of thiazole rings is 1. The van der Waals surface area contributed by atoms with Crippen LogP contribution in [0, 0.1) is 0 Å². The van der Waals surface area contributed by atoms with Gasteiger partial charge in [0.2, 0.25) is 5.91 Å². The fourth-order valence-corrected chi connectivity index (χ4v) is 2.40. The lowest BCUT2D eigenvalue weighted by Crippen LogP contribution is -2.20. The molecule has 0 aliphatic heterocycles. The molecule has 0 saturated heterocycles. The summed E-state index contributed by atoms with van der Waals surface area (Å²) in [5.41, 5.74) is 7.72. The topological polar surface area (TPSA) is 68.0 Å². The fourth-order valence-electron chi connectivity index (χ4n) is 1.61. The van der Waals surface area contributed by atoms with Crippen molar-refractivity contribution >= 4 is 38.7 Å². The van der Waals surface area contributed by atoms with E-state index in [1.165, 1.54) is 18.3 Å². The maximum absolute atomic E-state index is 10.7. The zero-order valence-electron chi connectivity index (χ0n) is 10.1. The van der Waals surface area contributed by atoms with E-state index in [1.54, 1.807) is 0 Å². The summed E-state index contributed by atoms with van der Waals surface area (Å²) in [6.45, 7) is 2.19. The lowest BCUT2D eigenvalue weighted by Gasteiger charge is -1.97. The Morgan fingerprint density at radius 3 is 3.17 bits per heavy atom. The molecule has 18 heavy (non-hydrogen) atoms. The number of hydrogen-bond donors (Lipinski definition) is 2. The minimum Gasteiger partial charge on any atom is -0.375 e. The van der Waals surface area contributed by atoms with Crippen molar-refractivity contribution in [2.24, 2.45) is 0 Å². The molecule has 0 fully saturated rings. The number of benzene rings is 1. The molecule has 0 spiro atoms. The maximum atomic E-state index is 10.7. The highest BCUT2D eigenvalue weighted by atomic mass is 32.1. The molecule has 1 amide bonds. The third-order valence-electron chi connectivity index (χ3n) is 2.42. The van der Waals surface area contributed by atoms with Crippen molar-refractivity contribution in [2.75, 3.05) is 12.3 Å². The van der Waals surface area contributed by atoms with Crippen molar-refractivity contribution in [3.63, 3.8) is 0 Å². The van der Waals surface area contributed by atoms with Crippen LogP contribution in [0.4, 0.5) is 5.13 Å². The Hall–Kier alpha value is -1.88. The minimum atomic E-state index is 0.00459. The summed E-state index contributed by atoms with van der Waals surface area (Å²) in [6, 6.07) is 6.05. The van der Waals surface area contributed by atoms with Gasteiger partial charge in [0.15, 0.2) is 5.13 Å². The molecule has 94 valence electrons. The number of carbonyl (C=O) groups excluding carboxylic acids is 1. The van der Waals surface area contributed by atoms with E-state index in [0.717, 1.165) is 22.2 Å². The Bertz CT molecular complexity index is 589. The zero-order chi connectivity index (χ0) is 13.0. The van der Waals surface area contributed by atoms with Crippen LogP contribution in [-0.4, -0.2) is 17.4 Å². The van der Waals surface area contributed by atoms with Gasteiger partial charge in [0.25, 0.3) is 0 Å². The minimum absolute atomic E-state index is 0.00459. The maximum Gasteiger partial charge on any atom is 0.216 e. The van der Waals surface area contributed by atoms with Crippen LogP contribution in [0.25, 0.3) is 16.3 Å². The van der Waals surface area contributed by atoms with Gasteiger partial charge in [-0.1, -0.05) is 29.6 Å². The van der Waals surface area contributed by atoms with Crippen LogP contribution in [0.2, 0.25) is 0 Å². The summed E-state index contributed by atoms with van der Waals surface area (Å²) in [7, 11) is 0. The predicted octanol–water partition coefficient (Wildman–Crippen LogP) is 2.42. The average molecular weight is 261 g/mol. The van der Waals surface area contributed by atoms with E-state index in [9.17, 15) is 4.79 Å². The van der Waals surface area contributed by atoms with Crippen LogP contribution in [0.3, 0.4) is 0 Å². The Kier molecular flexibility index (Phi) is 3.94. The van der Waals surface area contributed by atoms with Gasteiger partial charge in [-0.2, -0.15) is 0 Å². The van der Waals surface area contributed by atoms with E-state index in [-0.39, 0.29) is 5.91 Å². The standard InChI is InChI=1S/C13H15N3OS/c1-9(17)15-7-3-2-4-10-5-6-11-12(8-10)18-13(14)16-11/h2,4-6,8H,3,7H2,1H3,(H2,14,16)(H,15,17).